The van der Waals surface area contributed by atoms with Gasteiger partial charge in [-0.3, -0.25) is 4.79 Å². The number of aromatic nitrogens is 2. The fourth-order valence-electron chi connectivity index (χ4n) is 2.95. The summed E-state index contributed by atoms with van der Waals surface area (Å²) in [6.45, 7) is 1.33. The molecule has 0 spiro atoms. The molecule has 1 N–H and O–H groups in total. The van der Waals surface area contributed by atoms with Crippen LogP contribution in [0.4, 0.5) is 0 Å². The molecule has 1 aliphatic rings. The molecule has 0 saturated carbocycles. The minimum atomic E-state index is -0.346. The quantitative estimate of drug-likeness (QED) is 0.937. The molecule has 3 rings (SSSR count). The van der Waals surface area contributed by atoms with Crippen LogP contribution >= 0.6 is 0 Å². The molecular formula is C17H19N3O3. The molecule has 0 radical (unpaired) electrons. The van der Waals surface area contributed by atoms with Crippen LogP contribution in [0.25, 0.3) is 0 Å². The molecule has 1 aliphatic heterocycles. The lowest BCUT2D eigenvalue weighted by Gasteiger charge is -2.32. The lowest BCUT2D eigenvalue weighted by atomic mass is 9.94. The number of nitrogens with zero attached hydrogens (tertiary/aromatic N) is 2. The molecular weight excluding hydrogens is 294 g/mol. The number of piperidine rings is 1. The van der Waals surface area contributed by atoms with Crippen LogP contribution in [0.1, 0.15) is 34.8 Å². The van der Waals surface area contributed by atoms with Gasteiger partial charge in [0.25, 0.3) is 5.91 Å². The van der Waals surface area contributed by atoms with Gasteiger partial charge >= 0.3 is 5.69 Å². The van der Waals surface area contributed by atoms with Gasteiger partial charge < -0.3 is 14.6 Å². The number of likely N-dealkylation sites (tertiary alicyclic amines) is 1. The molecule has 2 heterocycles. The first-order valence-electron chi connectivity index (χ1n) is 7.66. The molecule has 23 heavy (non-hydrogen) atoms. The number of aromatic amines is 1. The van der Waals surface area contributed by atoms with Gasteiger partial charge in [-0.1, -0.05) is 0 Å². The third-order valence-corrected chi connectivity index (χ3v) is 4.18. The first kappa shape index (κ1) is 15.3. The Balaban J connectivity index is 1.74. The number of carbonyl (C=O) groups excluding carboxylic acids is 1. The molecule has 1 atom stereocenters. The van der Waals surface area contributed by atoms with Gasteiger partial charge in [-0.05, 0) is 43.2 Å². The van der Waals surface area contributed by atoms with E-state index in [0.29, 0.717) is 12.1 Å². The highest BCUT2D eigenvalue weighted by Gasteiger charge is 2.26. The van der Waals surface area contributed by atoms with Crippen molar-refractivity contribution in [1.29, 1.82) is 0 Å². The summed E-state index contributed by atoms with van der Waals surface area (Å²) in [5.41, 5.74) is 1.15. The monoisotopic (exact) mass is 313 g/mol. The van der Waals surface area contributed by atoms with E-state index in [1.54, 1.807) is 31.4 Å². The standard InChI is InChI=1S/C17H19N3O3/c1-23-14-6-4-12(5-7-14)16(21)20-10-2-3-13(11-20)15-8-9-18-17(22)19-15/h4-9,13H,2-3,10-11H2,1H3,(H,18,19,22)/t13-/m1/s1. The van der Waals surface area contributed by atoms with Crippen LogP contribution in [0, 0.1) is 0 Å². The molecule has 1 aromatic heterocycles. The highest BCUT2D eigenvalue weighted by Crippen LogP contribution is 2.26. The van der Waals surface area contributed by atoms with Crippen molar-refractivity contribution in [1.82, 2.24) is 14.9 Å². The Bertz CT molecular complexity index is 739. The molecule has 6 heteroatoms. The number of rotatable bonds is 3. The van der Waals surface area contributed by atoms with Gasteiger partial charge in [0.2, 0.25) is 0 Å². The van der Waals surface area contributed by atoms with Crippen molar-refractivity contribution >= 4 is 5.91 Å². The molecule has 1 saturated heterocycles. The van der Waals surface area contributed by atoms with Crippen LogP contribution < -0.4 is 10.4 Å². The predicted molar refractivity (Wildman–Crippen MR) is 85.7 cm³/mol. The van der Waals surface area contributed by atoms with E-state index in [1.165, 1.54) is 6.20 Å². The fourth-order valence-corrected chi connectivity index (χ4v) is 2.95. The molecule has 0 aliphatic carbocycles. The topological polar surface area (TPSA) is 75.3 Å². The van der Waals surface area contributed by atoms with Gasteiger partial charge in [-0.15, -0.1) is 0 Å². The van der Waals surface area contributed by atoms with E-state index in [4.69, 9.17) is 4.74 Å². The second-order valence-corrected chi connectivity index (χ2v) is 5.65. The maximum atomic E-state index is 12.6. The van der Waals surface area contributed by atoms with Crippen LogP contribution in [0.15, 0.2) is 41.3 Å². The van der Waals surface area contributed by atoms with E-state index in [0.717, 1.165) is 30.8 Å². The number of H-pyrrole nitrogens is 1. The summed E-state index contributed by atoms with van der Waals surface area (Å²) < 4.78 is 5.12. The maximum Gasteiger partial charge on any atom is 0.345 e. The minimum absolute atomic E-state index is 0.00811. The van der Waals surface area contributed by atoms with E-state index < -0.39 is 0 Å². The zero-order valence-corrected chi connectivity index (χ0v) is 13.0. The zero-order chi connectivity index (χ0) is 16.2. The normalized spacial score (nSPS) is 17.8. The van der Waals surface area contributed by atoms with Crippen molar-refractivity contribution in [3.63, 3.8) is 0 Å². The Morgan fingerprint density at radius 2 is 2.09 bits per heavy atom. The summed E-state index contributed by atoms with van der Waals surface area (Å²) in [5, 5.41) is 0. The van der Waals surface area contributed by atoms with Crippen LogP contribution in [0.3, 0.4) is 0 Å². The van der Waals surface area contributed by atoms with Crippen LogP contribution in [-0.2, 0) is 0 Å². The number of hydrogen-bond acceptors (Lipinski definition) is 4. The summed E-state index contributed by atoms with van der Waals surface area (Å²) in [5.74, 6) is 0.878. The summed E-state index contributed by atoms with van der Waals surface area (Å²) in [7, 11) is 1.60. The van der Waals surface area contributed by atoms with Gasteiger partial charge in [-0.25, -0.2) is 9.78 Å². The first-order valence-corrected chi connectivity index (χ1v) is 7.66. The molecule has 120 valence electrons. The second kappa shape index (κ2) is 6.64. The maximum absolute atomic E-state index is 12.6. The summed E-state index contributed by atoms with van der Waals surface area (Å²) in [6, 6.07) is 8.94. The summed E-state index contributed by atoms with van der Waals surface area (Å²) in [4.78, 5) is 32.3. The van der Waals surface area contributed by atoms with Gasteiger partial charge in [0.05, 0.1) is 7.11 Å². The van der Waals surface area contributed by atoms with Crippen molar-refractivity contribution in [2.45, 2.75) is 18.8 Å². The van der Waals surface area contributed by atoms with Gasteiger partial charge in [0, 0.05) is 36.5 Å². The average molecular weight is 313 g/mol. The first-order chi connectivity index (χ1) is 11.2. The number of benzene rings is 1. The number of ether oxygens (including phenoxy) is 1. The van der Waals surface area contributed by atoms with Crippen molar-refractivity contribution in [2.75, 3.05) is 20.2 Å². The minimum Gasteiger partial charge on any atom is -0.497 e. The van der Waals surface area contributed by atoms with Gasteiger partial charge in [-0.2, -0.15) is 0 Å². The van der Waals surface area contributed by atoms with Crippen molar-refractivity contribution in [2.24, 2.45) is 0 Å². The average Bonchev–Trinajstić information content (AvgIpc) is 2.61. The Kier molecular flexibility index (Phi) is 4.41. The van der Waals surface area contributed by atoms with Gasteiger partial charge in [0.1, 0.15) is 5.75 Å². The van der Waals surface area contributed by atoms with Crippen molar-refractivity contribution in [3.8, 4) is 5.75 Å². The molecule has 1 amide bonds. The van der Waals surface area contributed by atoms with E-state index in [-0.39, 0.29) is 17.5 Å². The number of methoxy groups -OCH3 is 1. The SMILES string of the molecule is COc1ccc(C(=O)N2CCC[C@@H](c3ccnc(=O)[nH]3)C2)cc1. The van der Waals surface area contributed by atoms with E-state index in [2.05, 4.69) is 9.97 Å². The molecule has 1 fully saturated rings. The molecule has 1 aromatic carbocycles. The van der Waals surface area contributed by atoms with Gasteiger partial charge in [0.15, 0.2) is 0 Å². The Morgan fingerprint density at radius 3 is 2.78 bits per heavy atom. The lowest BCUT2D eigenvalue weighted by molar-refractivity contribution is 0.0706. The van der Waals surface area contributed by atoms with Crippen molar-refractivity contribution < 1.29 is 9.53 Å². The van der Waals surface area contributed by atoms with E-state index in [1.807, 2.05) is 11.0 Å². The largest absolute Gasteiger partial charge is 0.497 e. The van der Waals surface area contributed by atoms with Crippen LogP contribution in [0.2, 0.25) is 0 Å². The van der Waals surface area contributed by atoms with Crippen molar-refractivity contribution in [3.05, 3.63) is 58.3 Å². The number of nitrogens with one attached hydrogen (secondary N) is 1. The number of carbonyl (C=O) groups is 1. The molecule has 6 nitrogen and oxygen atoms in total. The second-order valence-electron chi connectivity index (χ2n) is 5.65. The Morgan fingerprint density at radius 1 is 1.30 bits per heavy atom. The molecule has 0 unspecified atom stereocenters. The Labute approximate surface area is 134 Å². The predicted octanol–water partition coefficient (Wildman–Crippen LogP) is 1.80. The third kappa shape index (κ3) is 3.41. The molecule has 2 aromatic rings. The highest BCUT2D eigenvalue weighted by molar-refractivity contribution is 5.94. The lowest BCUT2D eigenvalue weighted by Crippen LogP contribution is -2.39. The summed E-state index contributed by atoms with van der Waals surface area (Å²) >= 11 is 0. The zero-order valence-electron chi connectivity index (χ0n) is 13.0. The molecule has 0 bridgehead atoms. The summed E-state index contributed by atoms with van der Waals surface area (Å²) in [6.07, 6.45) is 3.38. The third-order valence-electron chi connectivity index (χ3n) is 4.18. The Hall–Kier alpha value is -2.63. The number of amides is 1. The number of hydrogen-bond donors (Lipinski definition) is 1. The van der Waals surface area contributed by atoms with Crippen LogP contribution in [-0.4, -0.2) is 41.0 Å². The fraction of sp³-hybridized carbons (Fsp3) is 0.353. The van der Waals surface area contributed by atoms with Crippen LogP contribution in [0.5, 0.6) is 5.75 Å². The van der Waals surface area contributed by atoms with E-state index >= 15 is 0 Å². The van der Waals surface area contributed by atoms with E-state index in [9.17, 15) is 9.59 Å². The highest BCUT2D eigenvalue weighted by atomic mass is 16.5. The smallest absolute Gasteiger partial charge is 0.345 e.